The van der Waals surface area contributed by atoms with Crippen LogP contribution in [-0.4, -0.2) is 25.9 Å². The van der Waals surface area contributed by atoms with Crippen molar-refractivity contribution >= 4 is 29.2 Å². The Morgan fingerprint density at radius 2 is 1.87 bits per heavy atom. The lowest BCUT2D eigenvalue weighted by molar-refractivity contribution is 0.0438. The van der Waals surface area contributed by atoms with Crippen molar-refractivity contribution in [1.29, 1.82) is 0 Å². The molecule has 2 aromatic carbocycles. The molecule has 0 saturated heterocycles. The van der Waals surface area contributed by atoms with Gasteiger partial charge in [0, 0.05) is 0 Å². The molecule has 0 atom stereocenters. The molecule has 4 rings (SSSR count). The SMILES string of the molecule is Cc1nn(-c2ccc(F)cc2)c(Cl)c1C(=O)OCc1nnc(-c2ccccc2Cl)o1. The molecule has 0 aliphatic rings. The highest BCUT2D eigenvalue weighted by atomic mass is 35.5. The van der Waals surface area contributed by atoms with Crippen molar-refractivity contribution in [2.24, 2.45) is 0 Å². The Balaban J connectivity index is 1.50. The second kappa shape index (κ2) is 8.25. The molecule has 2 heterocycles. The first kappa shape index (κ1) is 20.1. The number of esters is 1. The lowest BCUT2D eigenvalue weighted by Gasteiger charge is -2.04. The van der Waals surface area contributed by atoms with Crippen LogP contribution in [0.3, 0.4) is 0 Å². The zero-order valence-corrected chi connectivity index (χ0v) is 17.0. The number of carbonyl (C=O) groups excluding carboxylic acids is 1. The summed E-state index contributed by atoms with van der Waals surface area (Å²) in [6, 6.07) is 12.5. The van der Waals surface area contributed by atoms with E-state index in [1.807, 2.05) is 0 Å². The number of ether oxygens (including phenoxy) is 1. The zero-order chi connectivity index (χ0) is 21.3. The number of aromatic nitrogens is 4. The Hall–Kier alpha value is -3.23. The van der Waals surface area contributed by atoms with Crippen LogP contribution in [0.2, 0.25) is 10.2 Å². The predicted octanol–water partition coefficient (Wildman–Crippen LogP) is 5.03. The van der Waals surface area contributed by atoms with Gasteiger partial charge in [-0.2, -0.15) is 5.10 Å². The van der Waals surface area contributed by atoms with Crippen LogP contribution in [0.25, 0.3) is 17.1 Å². The average Bonchev–Trinajstić information content (AvgIpc) is 3.31. The third-order valence-electron chi connectivity index (χ3n) is 4.18. The van der Waals surface area contributed by atoms with Gasteiger partial charge in [-0.1, -0.05) is 35.3 Å². The Kier molecular flexibility index (Phi) is 5.52. The normalized spacial score (nSPS) is 10.9. The standard InChI is InChI=1S/C20H13Cl2FN4O3/c1-11-17(18(22)27(26-11)13-8-6-12(23)7-9-13)20(28)29-10-16-24-25-19(30-16)14-4-2-3-5-15(14)21/h2-9H,10H2,1H3. The van der Waals surface area contributed by atoms with Gasteiger partial charge in [-0.05, 0) is 43.3 Å². The Labute approximate surface area is 180 Å². The van der Waals surface area contributed by atoms with Crippen molar-refractivity contribution in [2.45, 2.75) is 13.5 Å². The summed E-state index contributed by atoms with van der Waals surface area (Å²) in [6.07, 6.45) is 0. The average molecular weight is 447 g/mol. The van der Waals surface area contributed by atoms with Crippen LogP contribution in [0.4, 0.5) is 4.39 Å². The highest BCUT2D eigenvalue weighted by molar-refractivity contribution is 6.33. The second-order valence-corrected chi connectivity index (χ2v) is 6.96. The Morgan fingerprint density at radius 3 is 2.60 bits per heavy atom. The summed E-state index contributed by atoms with van der Waals surface area (Å²) >= 11 is 12.4. The summed E-state index contributed by atoms with van der Waals surface area (Å²) in [6.45, 7) is 1.36. The molecule has 4 aromatic rings. The second-order valence-electron chi connectivity index (χ2n) is 6.20. The minimum Gasteiger partial charge on any atom is -0.452 e. The van der Waals surface area contributed by atoms with E-state index in [0.717, 1.165) is 0 Å². The number of aryl methyl sites for hydroxylation is 1. The molecular formula is C20H13Cl2FN4O3. The Bertz CT molecular complexity index is 1220. The van der Waals surface area contributed by atoms with E-state index in [2.05, 4.69) is 15.3 Å². The first-order chi connectivity index (χ1) is 14.4. The lowest BCUT2D eigenvalue weighted by atomic mass is 10.2. The van der Waals surface area contributed by atoms with E-state index >= 15 is 0 Å². The molecule has 10 heteroatoms. The molecule has 0 fully saturated rings. The monoisotopic (exact) mass is 446 g/mol. The number of halogens is 3. The largest absolute Gasteiger partial charge is 0.452 e. The van der Waals surface area contributed by atoms with Gasteiger partial charge < -0.3 is 9.15 Å². The van der Waals surface area contributed by atoms with Crippen molar-refractivity contribution in [3.05, 3.63) is 81.7 Å². The van der Waals surface area contributed by atoms with Crippen molar-refractivity contribution in [3.8, 4) is 17.1 Å². The van der Waals surface area contributed by atoms with Crippen LogP contribution in [-0.2, 0) is 11.3 Å². The predicted molar refractivity (Wildman–Crippen MR) is 107 cm³/mol. The van der Waals surface area contributed by atoms with Gasteiger partial charge in [-0.15, -0.1) is 10.2 Å². The number of carbonyl (C=O) groups is 1. The number of benzene rings is 2. The van der Waals surface area contributed by atoms with Crippen LogP contribution in [0.1, 0.15) is 21.9 Å². The molecule has 0 N–H and O–H groups in total. The molecule has 0 radical (unpaired) electrons. The summed E-state index contributed by atoms with van der Waals surface area (Å²) < 4.78 is 25.2. The molecule has 0 aliphatic carbocycles. The van der Waals surface area contributed by atoms with E-state index in [9.17, 15) is 9.18 Å². The van der Waals surface area contributed by atoms with Gasteiger partial charge in [-0.25, -0.2) is 13.9 Å². The third kappa shape index (κ3) is 3.92. The van der Waals surface area contributed by atoms with Crippen LogP contribution < -0.4 is 0 Å². The van der Waals surface area contributed by atoms with Gasteiger partial charge in [0.25, 0.3) is 5.89 Å². The van der Waals surface area contributed by atoms with Gasteiger partial charge in [0.1, 0.15) is 16.5 Å². The molecular weight excluding hydrogens is 434 g/mol. The topological polar surface area (TPSA) is 83.0 Å². The quantitative estimate of drug-likeness (QED) is 0.399. The van der Waals surface area contributed by atoms with Gasteiger partial charge in [0.2, 0.25) is 5.89 Å². The molecule has 0 spiro atoms. The fourth-order valence-electron chi connectivity index (χ4n) is 2.74. The highest BCUT2D eigenvalue weighted by Gasteiger charge is 2.23. The van der Waals surface area contributed by atoms with E-state index < -0.39 is 11.8 Å². The summed E-state index contributed by atoms with van der Waals surface area (Å²) in [5.41, 5.74) is 1.52. The van der Waals surface area contributed by atoms with Gasteiger partial charge >= 0.3 is 5.97 Å². The van der Waals surface area contributed by atoms with Crippen molar-refractivity contribution in [2.75, 3.05) is 0 Å². The molecule has 2 aromatic heterocycles. The van der Waals surface area contributed by atoms with E-state index in [0.29, 0.717) is 22.0 Å². The van der Waals surface area contributed by atoms with Crippen molar-refractivity contribution in [3.63, 3.8) is 0 Å². The maximum Gasteiger partial charge on any atom is 0.343 e. The Morgan fingerprint density at radius 1 is 1.13 bits per heavy atom. The first-order valence-electron chi connectivity index (χ1n) is 8.69. The van der Waals surface area contributed by atoms with Crippen LogP contribution >= 0.6 is 23.2 Å². The highest BCUT2D eigenvalue weighted by Crippen LogP contribution is 2.27. The third-order valence-corrected chi connectivity index (χ3v) is 4.86. The maximum atomic E-state index is 13.1. The maximum absolute atomic E-state index is 13.1. The summed E-state index contributed by atoms with van der Waals surface area (Å²) in [5.74, 6) is -0.791. The number of nitrogens with zero attached hydrogens (tertiary/aromatic N) is 4. The molecule has 0 bridgehead atoms. The number of rotatable bonds is 5. The first-order valence-corrected chi connectivity index (χ1v) is 9.45. The number of hydrogen-bond donors (Lipinski definition) is 0. The lowest BCUT2D eigenvalue weighted by Crippen LogP contribution is -2.07. The zero-order valence-electron chi connectivity index (χ0n) is 15.5. The van der Waals surface area contributed by atoms with Crippen LogP contribution in [0, 0.1) is 12.7 Å². The van der Waals surface area contributed by atoms with Crippen LogP contribution in [0.5, 0.6) is 0 Å². The van der Waals surface area contributed by atoms with E-state index in [1.165, 1.54) is 28.9 Å². The van der Waals surface area contributed by atoms with Crippen LogP contribution in [0.15, 0.2) is 52.9 Å². The summed E-state index contributed by atoms with van der Waals surface area (Å²) in [7, 11) is 0. The fraction of sp³-hybridized carbons (Fsp3) is 0.100. The van der Waals surface area contributed by atoms with E-state index in [1.54, 1.807) is 31.2 Å². The molecule has 30 heavy (non-hydrogen) atoms. The molecule has 0 aliphatic heterocycles. The number of hydrogen-bond acceptors (Lipinski definition) is 6. The summed E-state index contributed by atoms with van der Waals surface area (Å²) in [5, 5.41) is 12.5. The van der Waals surface area contributed by atoms with Gasteiger partial charge in [-0.3, -0.25) is 0 Å². The fourth-order valence-corrected chi connectivity index (χ4v) is 3.31. The van der Waals surface area contributed by atoms with E-state index in [-0.39, 0.29) is 29.1 Å². The van der Waals surface area contributed by atoms with Crippen molar-refractivity contribution in [1.82, 2.24) is 20.0 Å². The van der Waals surface area contributed by atoms with Gasteiger partial charge in [0.05, 0.1) is 22.0 Å². The smallest absolute Gasteiger partial charge is 0.343 e. The van der Waals surface area contributed by atoms with Crippen molar-refractivity contribution < 1.29 is 18.3 Å². The molecule has 7 nitrogen and oxygen atoms in total. The van der Waals surface area contributed by atoms with E-state index in [4.69, 9.17) is 32.4 Å². The summed E-state index contributed by atoms with van der Waals surface area (Å²) in [4.78, 5) is 12.6. The minimum atomic E-state index is -0.705. The molecule has 0 unspecified atom stereocenters. The molecule has 0 saturated carbocycles. The minimum absolute atomic E-state index is 0.0476. The molecule has 0 amide bonds. The van der Waals surface area contributed by atoms with Gasteiger partial charge in [0.15, 0.2) is 6.61 Å². The molecule has 152 valence electrons.